The predicted octanol–water partition coefficient (Wildman–Crippen LogP) is 0.481. The van der Waals surface area contributed by atoms with Gasteiger partial charge in [-0.1, -0.05) is 9.64 Å². The molecule has 2 amide bonds. The van der Waals surface area contributed by atoms with Crippen LogP contribution in [0.3, 0.4) is 0 Å². The van der Waals surface area contributed by atoms with Crippen LogP contribution in [0.4, 0.5) is 5.13 Å². The highest BCUT2D eigenvalue weighted by atomic mass is 32.2. The monoisotopic (exact) mass is 710 g/mol. The zero-order valence-corrected chi connectivity index (χ0v) is 26.7. The smallest absolute Gasteiger partial charge is 0.361 e. The summed E-state index contributed by atoms with van der Waals surface area (Å²) in [5.41, 5.74) is 4.21. The summed E-state index contributed by atoms with van der Waals surface area (Å²) in [6.45, 7) is 1.75. The van der Waals surface area contributed by atoms with E-state index in [4.69, 9.17) is 15.3 Å². The van der Waals surface area contributed by atoms with Gasteiger partial charge in [-0.3, -0.25) is 19.3 Å². The van der Waals surface area contributed by atoms with Gasteiger partial charge in [-0.05, 0) is 24.0 Å². The number of esters is 1. The van der Waals surface area contributed by atoms with Crippen molar-refractivity contribution in [2.45, 2.75) is 27.8 Å². The summed E-state index contributed by atoms with van der Waals surface area (Å²) in [6.07, 6.45) is 0.648. The largest absolute Gasteiger partial charge is 0.503 e. The second-order valence-electron chi connectivity index (χ2n) is 9.15. The maximum Gasteiger partial charge on any atom is 0.361 e. The Morgan fingerprint density at radius 3 is 2.70 bits per heavy atom. The molecule has 1 unspecified atom stereocenters. The minimum atomic E-state index is -1.42. The zero-order valence-electron chi connectivity index (χ0n) is 23.5. The number of oxime groups is 1. The van der Waals surface area contributed by atoms with Crippen LogP contribution in [-0.4, -0.2) is 100.0 Å². The van der Waals surface area contributed by atoms with E-state index in [0.717, 1.165) is 64.5 Å². The van der Waals surface area contributed by atoms with Crippen molar-refractivity contribution in [1.29, 1.82) is 0 Å². The van der Waals surface area contributed by atoms with E-state index in [1.807, 2.05) is 0 Å². The number of nitrogen functional groups attached to an aromatic ring is 1. The number of carboxylic acid groups (broad SMARTS) is 1. The second-order valence-corrected chi connectivity index (χ2v) is 13.3. The lowest BCUT2D eigenvalue weighted by molar-refractivity contribution is -0.150. The number of aromatic hydroxyl groups is 1. The van der Waals surface area contributed by atoms with Crippen molar-refractivity contribution in [1.82, 2.24) is 29.5 Å². The average Bonchev–Trinajstić information content (AvgIpc) is 3.67. The molecule has 0 aliphatic carbocycles. The molecule has 0 aromatic carbocycles. The molecule has 0 saturated carbocycles. The fourth-order valence-electron chi connectivity index (χ4n) is 4.47. The van der Waals surface area contributed by atoms with Crippen LogP contribution in [0.1, 0.15) is 34.0 Å². The molecule has 0 bridgehead atoms. The molecule has 18 nitrogen and oxygen atoms in total. The number of carbonyl (C=O) groups excluding carboxylic acids is 3. The molecular weight excluding hydrogens is 689 g/mol. The van der Waals surface area contributed by atoms with E-state index >= 15 is 0 Å². The number of thioether (sulfide) groups is 2. The molecule has 0 spiro atoms. The normalized spacial score (nSPS) is 19.3. The highest BCUT2D eigenvalue weighted by molar-refractivity contribution is 8.02. The van der Waals surface area contributed by atoms with Crippen LogP contribution in [0.5, 0.6) is 5.75 Å². The van der Waals surface area contributed by atoms with Crippen molar-refractivity contribution < 1.29 is 44.2 Å². The number of nitrogens with two attached hydrogens (primary N) is 1. The third-order valence-corrected chi connectivity index (χ3v) is 10.7. The fraction of sp³-hybridized carbons (Fsp3) is 0.292. The van der Waals surface area contributed by atoms with E-state index in [1.165, 1.54) is 0 Å². The maximum atomic E-state index is 13.4. The van der Waals surface area contributed by atoms with Gasteiger partial charge in [0.2, 0.25) is 5.43 Å². The number of hydrogen-bond donors (Lipinski definition) is 5. The Morgan fingerprint density at radius 1 is 1.28 bits per heavy atom. The van der Waals surface area contributed by atoms with E-state index in [2.05, 4.69) is 25.0 Å². The van der Waals surface area contributed by atoms with E-state index in [0.29, 0.717) is 16.1 Å². The summed E-state index contributed by atoms with van der Waals surface area (Å²) >= 11 is 4.27. The summed E-state index contributed by atoms with van der Waals surface area (Å²) in [5, 5.41) is 40.1. The Morgan fingerprint density at radius 2 is 2.04 bits per heavy atom. The van der Waals surface area contributed by atoms with Gasteiger partial charge >= 0.3 is 11.9 Å². The number of rotatable bonds is 11. The van der Waals surface area contributed by atoms with Gasteiger partial charge in [0, 0.05) is 17.2 Å². The maximum absolute atomic E-state index is 13.4. The molecule has 46 heavy (non-hydrogen) atoms. The number of carboxylic acids is 1. The highest BCUT2D eigenvalue weighted by Gasteiger charge is 2.57. The molecule has 6 N–H and O–H groups in total. The van der Waals surface area contributed by atoms with Crippen molar-refractivity contribution in [2.24, 2.45) is 5.16 Å². The molecule has 1 saturated heterocycles. The number of aromatic nitrogens is 4. The number of carbonyl (C=O) groups is 4. The van der Waals surface area contributed by atoms with Crippen LogP contribution in [0.25, 0.3) is 0 Å². The minimum absolute atomic E-state index is 0.0138. The highest BCUT2D eigenvalue weighted by Crippen LogP contribution is 2.52. The molecule has 2 aliphatic rings. The number of fused-ring (bicyclic) bond motifs is 1. The number of aliphatic carboxylic acids is 1. The minimum Gasteiger partial charge on any atom is -0.503 e. The number of pyridine rings is 1. The Kier molecular flexibility index (Phi) is 9.50. The molecular formula is C24H22N8O10S4. The van der Waals surface area contributed by atoms with Gasteiger partial charge < -0.3 is 36.0 Å². The number of anilines is 1. The van der Waals surface area contributed by atoms with Gasteiger partial charge in [-0.25, -0.2) is 14.6 Å². The predicted molar refractivity (Wildman–Crippen MR) is 164 cm³/mol. The van der Waals surface area contributed by atoms with Crippen LogP contribution < -0.4 is 16.5 Å². The second kappa shape index (κ2) is 13.4. The Bertz CT molecular complexity index is 1850. The number of thiazole rings is 1. The van der Waals surface area contributed by atoms with Crippen LogP contribution >= 0.6 is 46.4 Å². The number of ether oxygens (including phenoxy) is 1. The van der Waals surface area contributed by atoms with Crippen LogP contribution in [0.2, 0.25) is 0 Å². The van der Waals surface area contributed by atoms with Gasteiger partial charge in [-0.15, -0.1) is 40.0 Å². The molecule has 2 aliphatic heterocycles. The number of hydrogen-bond acceptors (Lipinski definition) is 18. The molecule has 5 heterocycles. The van der Waals surface area contributed by atoms with Gasteiger partial charge in [0.05, 0.1) is 23.7 Å². The fourth-order valence-corrected chi connectivity index (χ4v) is 8.56. The molecule has 3 aromatic rings. The summed E-state index contributed by atoms with van der Waals surface area (Å²) in [6, 6.07) is -0.542. The van der Waals surface area contributed by atoms with E-state index in [9.17, 15) is 39.4 Å². The molecule has 0 radical (unpaired) electrons. The zero-order chi connectivity index (χ0) is 33.3. The lowest BCUT2D eigenvalue weighted by Gasteiger charge is -2.51. The Balaban J connectivity index is 1.47. The van der Waals surface area contributed by atoms with Crippen molar-refractivity contribution in [3.8, 4) is 5.75 Å². The summed E-state index contributed by atoms with van der Waals surface area (Å²) in [5.74, 6) is -4.74. The summed E-state index contributed by atoms with van der Waals surface area (Å²) in [7, 11) is 1.10. The quantitative estimate of drug-likeness (QED) is 0.0452. The number of nitrogens with zero attached hydrogens (tertiary/aromatic N) is 6. The number of β-lactam (4-membered cyclic amide) rings is 1. The van der Waals surface area contributed by atoms with Crippen molar-refractivity contribution in [2.75, 3.05) is 25.2 Å². The van der Waals surface area contributed by atoms with Gasteiger partial charge in [0.1, 0.15) is 34.1 Å². The molecule has 1 fully saturated rings. The van der Waals surface area contributed by atoms with Crippen molar-refractivity contribution in [3.05, 3.63) is 56.2 Å². The van der Waals surface area contributed by atoms with Gasteiger partial charge in [0.25, 0.3) is 11.8 Å². The first-order valence-electron chi connectivity index (χ1n) is 12.8. The number of amides is 2. The Labute approximate surface area is 274 Å². The first-order valence-corrected chi connectivity index (χ1v) is 16.4. The van der Waals surface area contributed by atoms with Crippen molar-refractivity contribution >= 4 is 81.0 Å². The SMILES string of the molecule is CCOC(=O)c1nnsc1SCC1=C(C(=O)O)N2C(=O)[C@@H](NC(=O)C(=NOC)c3cc(=O)c(O)cn3O)[C@H]2SC1c1csc(N)n1. The topological polar surface area (TPSA) is 262 Å². The van der Waals surface area contributed by atoms with Gasteiger partial charge in [0.15, 0.2) is 22.3 Å². The third kappa shape index (κ3) is 6.10. The Hall–Kier alpha value is -4.67. The summed E-state index contributed by atoms with van der Waals surface area (Å²) < 4.78 is 9.49. The van der Waals surface area contributed by atoms with Gasteiger partial charge in [-0.2, -0.15) is 4.73 Å². The van der Waals surface area contributed by atoms with E-state index in [1.54, 1.807) is 12.3 Å². The number of nitrogens with one attached hydrogen (secondary N) is 1. The average molecular weight is 711 g/mol. The third-order valence-electron chi connectivity index (χ3n) is 6.42. The lowest BCUT2D eigenvalue weighted by atomic mass is 10.00. The van der Waals surface area contributed by atoms with E-state index in [-0.39, 0.29) is 39.2 Å². The van der Waals surface area contributed by atoms with E-state index < -0.39 is 63.0 Å². The molecule has 5 rings (SSSR count). The first-order chi connectivity index (χ1) is 22.0. The lowest BCUT2D eigenvalue weighted by Crippen LogP contribution is -2.71. The van der Waals surface area contributed by atoms with Crippen LogP contribution in [0, 0.1) is 0 Å². The standard InChI is InChI=1S/C24H22N8O10S4/c1-3-42-22(39)15-23(46-30-28-15)43-6-8-16(21(37)38)32-19(36)14(20(32)45-17(8)9-7-44-24(25)26-9)27-18(35)13(29-41-2)10-4-11(33)12(34)5-31(10)40/h4-5,7,14,17,20,34,40H,3,6H2,1-2H3,(H2,25,26)(H,27,35)(H,37,38)/t14-,17?,20-/m1/s1. The first kappa shape index (κ1) is 32.7. The molecule has 22 heteroatoms. The molecule has 242 valence electrons. The van der Waals surface area contributed by atoms with Crippen molar-refractivity contribution in [3.63, 3.8) is 0 Å². The summed E-state index contributed by atoms with van der Waals surface area (Å²) in [4.78, 5) is 73.8. The van der Waals surface area contributed by atoms with Crippen LogP contribution in [-0.2, 0) is 24.0 Å². The molecule has 3 atom stereocenters. The molecule has 3 aromatic heterocycles. The van der Waals surface area contributed by atoms with Crippen LogP contribution in [0.15, 0.2) is 43.1 Å².